The van der Waals surface area contributed by atoms with Crippen LogP contribution in [0.3, 0.4) is 0 Å². The second-order valence-electron chi connectivity index (χ2n) is 5.67. The summed E-state index contributed by atoms with van der Waals surface area (Å²) in [7, 11) is 0. The Morgan fingerprint density at radius 2 is 2.00 bits per heavy atom. The van der Waals surface area contributed by atoms with Crippen LogP contribution < -0.4 is 5.32 Å². The monoisotopic (exact) mass is 334 g/mol. The van der Waals surface area contributed by atoms with Gasteiger partial charge in [0, 0.05) is 32.2 Å². The van der Waals surface area contributed by atoms with E-state index in [-0.39, 0.29) is 29.3 Å². The van der Waals surface area contributed by atoms with Crippen LogP contribution in [0.1, 0.15) is 38.3 Å². The molecule has 5 heteroatoms. The van der Waals surface area contributed by atoms with Crippen LogP contribution in [0.5, 0.6) is 0 Å². The van der Waals surface area contributed by atoms with Crippen molar-refractivity contribution in [2.24, 2.45) is 5.92 Å². The number of halogens is 3. The summed E-state index contributed by atoms with van der Waals surface area (Å²) in [5, 5.41) is 3.58. The highest BCUT2D eigenvalue weighted by Gasteiger charge is 2.27. The summed E-state index contributed by atoms with van der Waals surface area (Å²) in [5.74, 6) is 0.201. The van der Waals surface area contributed by atoms with Gasteiger partial charge in [0.15, 0.2) is 0 Å². The highest BCUT2D eigenvalue weighted by atomic mass is 35.5. The average Bonchev–Trinajstić information content (AvgIpc) is 2.44. The van der Waals surface area contributed by atoms with Crippen molar-refractivity contribution in [1.29, 1.82) is 0 Å². The zero-order valence-electron chi connectivity index (χ0n) is 12.7. The van der Waals surface area contributed by atoms with Gasteiger partial charge in [0.2, 0.25) is 0 Å². The molecular formula is C16H25Cl2FN2. The van der Waals surface area contributed by atoms with Crippen molar-refractivity contribution in [1.82, 2.24) is 10.2 Å². The van der Waals surface area contributed by atoms with Crippen LogP contribution >= 0.6 is 24.0 Å². The van der Waals surface area contributed by atoms with Crippen LogP contribution in [-0.4, -0.2) is 31.1 Å². The van der Waals surface area contributed by atoms with E-state index in [0.717, 1.165) is 44.6 Å². The number of piperazine rings is 1. The lowest BCUT2D eigenvalue weighted by Gasteiger charge is -2.38. The van der Waals surface area contributed by atoms with Crippen molar-refractivity contribution < 1.29 is 4.39 Å². The molecule has 120 valence electrons. The lowest BCUT2D eigenvalue weighted by atomic mass is 9.89. The van der Waals surface area contributed by atoms with E-state index in [1.54, 1.807) is 12.1 Å². The third-order valence-electron chi connectivity index (χ3n) is 4.11. The largest absolute Gasteiger partial charge is 0.314 e. The third kappa shape index (κ3) is 4.82. The van der Waals surface area contributed by atoms with Crippen molar-refractivity contribution in [2.75, 3.05) is 26.2 Å². The van der Waals surface area contributed by atoms with Crippen LogP contribution in [0.2, 0.25) is 5.02 Å². The van der Waals surface area contributed by atoms with Gasteiger partial charge in [-0.05, 0) is 30.0 Å². The Balaban J connectivity index is 0.00000220. The highest BCUT2D eigenvalue weighted by Crippen LogP contribution is 2.33. The minimum Gasteiger partial charge on any atom is -0.314 e. The average molecular weight is 335 g/mol. The molecule has 0 radical (unpaired) electrons. The molecule has 2 atom stereocenters. The van der Waals surface area contributed by atoms with Gasteiger partial charge in [-0.1, -0.05) is 37.9 Å². The van der Waals surface area contributed by atoms with Crippen molar-refractivity contribution in [2.45, 2.75) is 32.7 Å². The van der Waals surface area contributed by atoms with Crippen LogP contribution in [0.4, 0.5) is 4.39 Å². The van der Waals surface area contributed by atoms with E-state index in [1.165, 1.54) is 0 Å². The van der Waals surface area contributed by atoms with Gasteiger partial charge in [0.05, 0.1) is 5.02 Å². The van der Waals surface area contributed by atoms with E-state index < -0.39 is 0 Å². The molecule has 0 aromatic heterocycles. The Hall–Kier alpha value is -0.350. The van der Waals surface area contributed by atoms with E-state index >= 15 is 0 Å². The van der Waals surface area contributed by atoms with Gasteiger partial charge >= 0.3 is 0 Å². The predicted octanol–water partition coefficient (Wildman–Crippen LogP) is 4.28. The summed E-state index contributed by atoms with van der Waals surface area (Å²) >= 11 is 5.81. The molecule has 1 aromatic rings. The van der Waals surface area contributed by atoms with E-state index in [2.05, 4.69) is 24.1 Å². The van der Waals surface area contributed by atoms with E-state index in [9.17, 15) is 4.39 Å². The molecule has 1 fully saturated rings. The van der Waals surface area contributed by atoms with Gasteiger partial charge in [-0.25, -0.2) is 4.39 Å². The lowest BCUT2D eigenvalue weighted by molar-refractivity contribution is 0.126. The van der Waals surface area contributed by atoms with Crippen molar-refractivity contribution >= 4 is 24.0 Å². The summed E-state index contributed by atoms with van der Waals surface area (Å²) in [6.45, 7) is 8.51. The summed E-state index contributed by atoms with van der Waals surface area (Å²) in [5.41, 5.74) is 1.05. The highest BCUT2D eigenvalue weighted by molar-refractivity contribution is 6.30. The standard InChI is InChI=1S/C16H24ClFN2.ClH/c1-3-4-12(2)16(20-9-7-19-8-10-20)13-5-6-14(17)15(18)11-13;/h5-6,11-12,16,19H,3-4,7-10H2,1-2H3;1H/t12?,16-;/m1./s1. The molecule has 0 aliphatic carbocycles. The van der Waals surface area contributed by atoms with Gasteiger partial charge in [-0.3, -0.25) is 4.90 Å². The number of nitrogens with zero attached hydrogens (tertiary/aromatic N) is 1. The molecule has 0 spiro atoms. The van der Waals surface area contributed by atoms with E-state index in [4.69, 9.17) is 11.6 Å². The van der Waals surface area contributed by atoms with E-state index in [0.29, 0.717) is 5.92 Å². The molecule has 0 bridgehead atoms. The maximum absolute atomic E-state index is 13.8. The quantitative estimate of drug-likeness (QED) is 0.864. The summed E-state index contributed by atoms with van der Waals surface area (Å²) in [6.07, 6.45) is 2.30. The fourth-order valence-electron chi connectivity index (χ4n) is 3.17. The maximum Gasteiger partial charge on any atom is 0.142 e. The van der Waals surface area contributed by atoms with Gasteiger partial charge < -0.3 is 5.32 Å². The number of nitrogens with one attached hydrogen (secondary N) is 1. The van der Waals surface area contributed by atoms with Crippen LogP contribution in [-0.2, 0) is 0 Å². The first-order chi connectivity index (χ1) is 9.63. The first-order valence-corrected chi connectivity index (χ1v) is 7.91. The number of hydrogen-bond donors (Lipinski definition) is 1. The fraction of sp³-hybridized carbons (Fsp3) is 0.625. The molecule has 1 saturated heterocycles. The number of hydrogen-bond acceptors (Lipinski definition) is 2. The Morgan fingerprint density at radius 3 is 2.57 bits per heavy atom. The Labute approximate surface area is 138 Å². The molecule has 1 aliphatic heterocycles. The van der Waals surface area contributed by atoms with Gasteiger partial charge in [0.1, 0.15) is 5.82 Å². The molecule has 1 N–H and O–H groups in total. The molecule has 2 nitrogen and oxygen atoms in total. The molecule has 1 heterocycles. The van der Waals surface area contributed by atoms with Gasteiger partial charge in [-0.2, -0.15) is 0 Å². The van der Waals surface area contributed by atoms with E-state index in [1.807, 2.05) is 6.07 Å². The zero-order chi connectivity index (χ0) is 14.5. The smallest absolute Gasteiger partial charge is 0.142 e. The third-order valence-corrected chi connectivity index (χ3v) is 4.42. The van der Waals surface area contributed by atoms with Crippen molar-refractivity contribution in [3.63, 3.8) is 0 Å². The first kappa shape index (κ1) is 18.7. The number of rotatable bonds is 5. The predicted molar refractivity (Wildman–Crippen MR) is 89.9 cm³/mol. The molecule has 1 aliphatic rings. The second-order valence-corrected chi connectivity index (χ2v) is 6.08. The summed E-state index contributed by atoms with van der Waals surface area (Å²) in [4.78, 5) is 2.47. The Bertz CT molecular complexity index is 436. The van der Waals surface area contributed by atoms with Crippen molar-refractivity contribution in [3.8, 4) is 0 Å². The Kier molecular flexibility index (Phi) is 7.96. The molecule has 1 unspecified atom stereocenters. The normalized spacial score (nSPS) is 18.9. The Morgan fingerprint density at radius 1 is 1.33 bits per heavy atom. The zero-order valence-corrected chi connectivity index (χ0v) is 14.3. The minimum atomic E-state index is -0.312. The van der Waals surface area contributed by atoms with Crippen molar-refractivity contribution in [3.05, 3.63) is 34.6 Å². The summed E-state index contributed by atoms with van der Waals surface area (Å²) in [6, 6.07) is 5.55. The van der Waals surface area contributed by atoms with Crippen LogP contribution in [0, 0.1) is 11.7 Å². The van der Waals surface area contributed by atoms with Crippen LogP contribution in [0.15, 0.2) is 18.2 Å². The topological polar surface area (TPSA) is 15.3 Å². The lowest BCUT2D eigenvalue weighted by Crippen LogP contribution is -2.46. The molecule has 0 amide bonds. The number of benzene rings is 1. The first-order valence-electron chi connectivity index (χ1n) is 7.53. The summed E-state index contributed by atoms with van der Waals surface area (Å²) < 4.78 is 13.8. The minimum absolute atomic E-state index is 0. The molecule has 2 rings (SSSR count). The molecule has 0 saturated carbocycles. The molecule has 1 aromatic carbocycles. The molecular weight excluding hydrogens is 310 g/mol. The SMILES string of the molecule is CCCC(C)[C@H](c1ccc(Cl)c(F)c1)N1CCNCC1.Cl. The maximum atomic E-state index is 13.8. The molecule has 21 heavy (non-hydrogen) atoms. The van der Waals surface area contributed by atoms with Gasteiger partial charge in [-0.15, -0.1) is 12.4 Å². The fourth-order valence-corrected chi connectivity index (χ4v) is 3.29. The second kappa shape index (κ2) is 8.94. The van der Waals surface area contributed by atoms with Gasteiger partial charge in [0.25, 0.3) is 0 Å². The van der Waals surface area contributed by atoms with Crippen LogP contribution in [0.25, 0.3) is 0 Å².